The molecule has 0 fully saturated rings. The van der Waals surface area contributed by atoms with Crippen LogP contribution in [0, 0.1) is 20.2 Å². The van der Waals surface area contributed by atoms with Gasteiger partial charge in [-0.2, -0.15) is 0 Å². The normalized spacial score (nSPS) is 9.47. The number of nitro groups is 2. The highest BCUT2D eigenvalue weighted by molar-refractivity contribution is 14.0. The van der Waals surface area contributed by atoms with Gasteiger partial charge in [0.05, 0.1) is 9.85 Å². The Labute approximate surface area is 125 Å². The van der Waals surface area contributed by atoms with E-state index in [1.807, 2.05) is 0 Å². The van der Waals surface area contributed by atoms with Gasteiger partial charge in [0.25, 0.3) is 0 Å². The molecule has 0 radical (unpaired) electrons. The van der Waals surface area contributed by atoms with E-state index < -0.39 is 21.2 Å². The Balaban J connectivity index is 0.000000214. The molecule has 0 saturated heterocycles. The van der Waals surface area contributed by atoms with E-state index in [1.165, 1.54) is 23.3 Å². The minimum absolute atomic E-state index is 0. The van der Waals surface area contributed by atoms with Gasteiger partial charge in [-0.1, -0.05) is 36.4 Å². The summed E-state index contributed by atoms with van der Waals surface area (Å²) >= 11 is 0. The summed E-state index contributed by atoms with van der Waals surface area (Å²) < 4.78 is 0. The average molecular weight is 372 g/mol. The van der Waals surface area contributed by atoms with Gasteiger partial charge < -0.3 is 0 Å². The molecule has 0 bridgehead atoms. The predicted molar refractivity (Wildman–Crippen MR) is 80.6 cm³/mol. The van der Waals surface area contributed by atoms with Gasteiger partial charge >= 0.3 is 11.4 Å². The van der Waals surface area contributed by atoms with Gasteiger partial charge in [0, 0.05) is 12.1 Å². The van der Waals surface area contributed by atoms with Crippen LogP contribution >= 0.6 is 24.0 Å². The Morgan fingerprint density at radius 3 is 1.16 bits per heavy atom. The van der Waals surface area contributed by atoms with Crippen LogP contribution in [0.25, 0.3) is 11.1 Å². The second-order valence-corrected chi connectivity index (χ2v) is 3.58. The Hall–Kier alpha value is -2.03. The van der Waals surface area contributed by atoms with Crippen molar-refractivity contribution < 1.29 is 9.85 Å². The van der Waals surface area contributed by atoms with Gasteiger partial charge in [-0.15, -0.1) is 24.0 Å². The predicted octanol–water partition coefficient (Wildman–Crippen LogP) is 3.79. The lowest BCUT2D eigenvalue weighted by atomic mass is 9.95. The Kier molecular flexibility index (Phi) is 4.93. The average Bonchev–Trinajstić information content (AvgIpc) is 2.34. The minimum atomic E-state index is -0.780. The maximum Gasteiger partial charge on any atom is 0.346 e. The molecule has 3 rings (SSSR count). The molecule has 0 spiro atoms. The largest absolute Gasteiger partial charge is 0.346 e. The van der Waals surface area contributed by atoms with Crippen LogP contribution in [0.2, 0.25) is 0 Å². The zero-order valence-corrected chi connectivity index (χ0v) is 11.9. The molecule has 19 heavy (non-hydrogen) atoms. The first-order valence-corrected chi connectivity index (χ1v) is 5.08. The van der Waals surface area contributed by atoms with Crippen molar-refractivity contribution in [3.05, 3.63) is 68.8 Å². The standard InChI is InChI=1S/C6H4N2O4.C6H4.HI/c9-7(10)5-3-1-2-4-6(5)8(11)12;1-2-6-4-3-5(1)6;/h1-4H;1-4H;1H. The lowest BCUT2D eigenvalue weighted by molar-refractivity contribution is -0.422. The molecule has 1 aromatic rings. The summed E-state index contributed by atoms with van der Waals surface area (Å²) in [5.74, 6) is 0. The molecular weight excluding hydrogens is 363 g/mol. The van der Waals surface area contributed by atoms with E-state index in [4.69, 9.17) is 0 Å². The van der Waals surface area contributed by atoms with Crippen LogP contribution in [0.5, 0.6) is 0 Å². The molecule has 0 aliphatic heterocycles. The third kappa shape index (κ3) is 3.25. The maximum absolute atomic E-state index is 10.2. The molecule has 98 valence electrons. The quantitative estimate of drug-likeness (QED) is 0.389. The third-order valence-electron chi connectivity index (χ3n) is 2.49. The monoisotopic (exact) mass is 372 g/mol. The molecule has 1 aromatic carbocycles. The number of hydrogen-bond donors (Lipinski definition) is 0. The first-order chi connectivity index (χ1) is 8.59. The van der Waals surface area contributed by atoms with Gasteiger partial charge in [0.2, 0.25) is 0 Å². The van der Waals surface area contributed by atoms with Crippen LogP contribution in [0.15, 0.2) is 48.5 Å². The molecule has 0 heterocycles. The van der Waals surface area contributed by atoms with E-state index in [-0.39, 0.29) is 24.0 Å². The van der Waals surface area contributed by atoms with Crippen molar-refractivity contribution in [3.63, 3.8) is 0 Å². The van der Waals surface area contributed by atoms with Gasteiger partial charge in [-0.05, 0) is 11.1 Å². The topological polar surface area (TPSA) is 86.3 Å². The SMILES string of the molecule is I.O=[N+]([O-])c1ccccc1[N+](=O)[O-].c1cc2ccc1-2. The summed E-state index contributed by atoms with van der Waals surface area (Å²) in [7, 11) is 0. The summed E-state index contributed by atoms with van der Waals surface area (Å²) in [6, 6.07) is 13.4. The van der Waals surface area contributed by atoms with Crippen LogP contribution in [0.4, 0.5) is 11.4 Å². The molecule has 0 N–H and O–H groups in total. The lowest BCUT2D eigenvalue weighted by Gasteiger charge is -2.10. The Morgan fingerprint density at radius 2 is 1.00 bits per heavy atom. The van der Waals surface area contributed by atoms with Crippen molar-refractivity contribution in [1.29, 1.82) is 0 Å². The zero-order valence-electron chi connectivity index (χ0n) is 9.55. The smallest absolute Gasteiger partial charge is 0.258 e. The van der Waals surface area contributed by atoms with Crippen molar-refractivity contribution in [2.45, 2.75) is 0 Å². The number of nitrogens with zero attached hydrogens (tertiary/aromatic N) is 2. The number of rotatable bonds is 2. The lowest BCUT2D eigenvalue weighted by Crippen LogP contribution is -1.95. The summed E-state index contributed by atoms with van der Waals surface area (Å²) in [6.45, 7) is 0. The van der Waals surface area contributed by atoms with E-state index >= 15 is 0 Å². The number of para-hydroxylation sites is 2. The summed E-state index contributed by atoms with van der Waals surface area (Å²) in [5, 5.41) is 20.5. The van der Waals surface area contributed by atoms with Crippen molar-refractivity contribution in [2.24, 2.45) is 0 Å². The zero-order chi connectivity index (χ0) is 13.1. The molecule has 0 amide bonds. The van der Waals surface area contributed by atoms with Gasteiger partial charge in [0.15, 0.2) is 0 Å². The molecule has 0 atom stereocenters. The summed E-state index contributed by atoms with van der Waals surface area (Å²) in [5.41, 5.74) is 1.88. The van der Waals surface area contributed by atoms with Crippen LogP contribution in [-0.4, -0.2) is 9.85 Å². The number of halogens is 1. The highest BCUT2D eigenvalue weighted by Gasteiger charge is 2.21. The van der Waals surface area contributed by atoms with Gasteiger partial charge in [-0.25, -0.2) is 0 Å². The van der Waals surface area contributed by atoms with E-state index in [9.17, 15) is 20.2 Å². The van der Waals surface area contributed by atoms with Crippen LogP contribution < -0.4 is 0 Å². The first kappa shape index (κ1) is 15.0. The van der Waals surface area contributed by atoms with E-state index in [0.29, 0.717) is 0 Å². The van der Waals surface area contributed by atoms with Crippen LogP contribution in [0.1, 0.15) is 0 Å². The summed E-state index contributed by atoms with van der Waals surface area (Å²) in [6.07, 6.45) is 0. The summed E-state index contributed by atoms with van der Waals surface area (Å²) in [4.78, 5) is 18.9. The van der Waals surface area contributed by atoms with E-state index in [1.54, 1.807) is 0 Å². The molecule has 0 unspecified atom stereocenters. The van der Waals surface area contributed by atoms with Crippen molar-refractivity contribution in [2.75, 3.05) is 0 Å². The number of nitro benzene ring substituents is 2. The third-order valence-corrected chi connectivity index (χ3v) is 2.49. The Morgan fingerprint density at radius 1 is 0.684 bits per heavy atom. The van der Waals surface area contributed by atoms with Crippen molar-refractivity contribution in [1.82, 2.24) is 0 Å². The molecule has 7 heteroatoms. The molecule has 0 aromatic heterocycles. The molecule has 2 aliphatic carbocycles. The van der Waals surface area contributed by atoms with Crippen molar-refractivity contribution >= 4 is 35.4 Å². The number of benzene rings is 2. The highest BCUT2D eigenvalue weighted by atomic mass is 127. The first-order valence-electron chi connectivity index (χ1n) is 5.08. The Bertz CT molecular complexity index is 559. The number of hydrogen-bond acceptors (Lipinski definition) is 4. The minimum Gasteiger partial charge on any atom is -0.258 e. The maximum atomic E-state index is 10.2. The molecule has 0 saturated carbocycles. The fraction of sp³-hybridized carbons (Fsp3) is 0. The second-order valence-electron chi connectivity index (χ2n) is 3.58. The highest BCUT2D eigenvalue weighted by Crippen LogP contribution is 2.29. The second kappa shape index (κ2) is 6.23. The fourth-order valence-electron chi connectivity index (χ4n) is 1.44. The van der Waals surface area contributed by atoms with Gasteiger partial charge in [-0.3, -0.25) is 20.2 Å². The fourth-order valence-corrected chi connectivity index (χ4v) is 1.44. The number of fused-ring (bicyclic) bond motifs is 1. The molecular formula is C12H9IN2O4. The van der Waals surface area contributed by atoms with E-state index in [0.717, 1.165) is 12.1 Å². The van der Waals surface area contributed by atoms with E-state index in [2.05, 4.69) is 24.3 Å². The van der Waals surface area contributed by atoms with Crippen LogP contribution in [-0.2, 0) is 0 Å². The molecule has 2 aliphatic rings. The van der Waals surface area contributed by atoms with Crippen LogP contribution in [0.3, 0.4) is 0 Å². The van der Waals surface area contributed by atoms with Gasteiger partial charge in [0.1, 0.15) is 0 Å². The molecule has 6 nitrogen and oxygen atoms in total. The van der Waals surface area contributed by atoms with Crippen molar-refractivity contribution in [3.8, 4) is 11.1 Å².